The van der Waals surface area contributed by atoms with Crippen LogP contribution in [0.2, 0.25) is 0 Å². The van der Waals surface area contributed by atoms with E-state index >= 15 is 0 Å². The molecule has 6 nitrogen and oxygen atoms in total. The van der Waals surface area contributed by atoms with E-state index in [2.05, 4.69) is 36.5 Å². The fourth-order valence-electron chi connectivity index (χ4n) is 2.95. The number of rotatable bonds is 4. The van der Waals surface area contributed by atoms with Crippen LogP contribution in [0.3, 0.4) is 0 Å². The molecule has 1 aromatic carbocycles. The Morgan fingerprint density at radius 3 is 2.58 bits per heavy atom. The Morgan fingerprint density at radius 2 is 1.96 bits per heavy atom. The van der Waals surface area contributed by atoms with Gasteiger partial charge in [-0.3, -0.25) is 9.89 Å². The van der Waals surface area contributed by atoms with E-state index in [-0.39, 0.29) is 17.3 Å². The third kappa shape index (κ3) is 3.16. The van der Waals surface area contributed by atoms with Crippen molar-refractivity contribution < 1.29 is 9.18 Å². The Kier molecular flexibility index (Phi) is 3.75. The van der Waals surface area contributed by atoms with Crippen LogP contribution in [-0.2, 0) is 0 Å². The van der Waals surface area contributed by atoms with E-state index in [9.17, 15) is 9.18 Å². The van der Waals surface area contributed by atoms with Gasteiger partial charge in [-0.2, -0.15) is 0 Å². The zero-order chi connectivity index (χ0) is 18.5. The van der Waals surface area contributed by atoms with E-state index in [1.165, 1.54) is 24.3 Å². The second kappa shape index (κ2) is 5.86. The second-order valence-electron chi connectivity index (χ2n) is 7.80. The Bertz CT molecular complexity index is 960. The molecule has 2 heterocycles. The van der Waals surface area contributed by atoms with Crippen molar-refractivity contribution >= 4 is 23.1 Å². The number of fused-ring (bicyclic) bond motifs is 1. The standard InChI is InChI=1S/C19H22FN5O/c1-19(2,3)24-17-15(11-4-5-11)23-16-14(10-21-25(16)17)18(26)22-13-8-6-12(20)7-9-13/h6-11,21,24H,4-5H2,1-3H3,(H,22,26). The summed E-state index contributed by atoms with van der Waals surface area (Å²) in [7, 11) is 0. The summed E-state index contributed by atoms with van der Waals surface area (Å²) in [5, 5.41) is 9.41. The number of imidazole rings is 1. The molecule has 1 fully saturated rings. The number of hydrogen-bond acceptors (Lipinski definition) is 3. The molecule has 0 aliphatic heterocycles. The fourth-order valence-corrected chi connectivity index (χ4v) is 2.95. The minimum absolute atomic E-state index is 0.124. The number of amides is 1. The molecule has 26 heavy (non-hydrogen) atoms. The molecule has 136 valence electrons. The van der Waals surface area contributed by atoms with E-state index < -0.39 is 0 Å². The van der Waals surface area contributed by atoms with Crippen LogP contribution in [0.1, 0.15) is 55.6 Å². The molecule has 0 bridgehead atoms. The molecule has 1 aliphatic carbocycles. The number of hydrogen-bond donors (Lipinski definition) is 3. The van der Waals surface area contributed by atoms with Gasteiger partial charge < -0.3 is 10.6 Å². The van der Waals surface area contributed by atoms with Crippen molar-refractivity contribution in [2.75, 3.05) is 10.6 Å². The number of anilines is 2. The van der Waals surface area contributed by atoms with Gasteiger partial charge in [-0.05, 0) is 57.9 Å². The van der Waals surface area contributed by atoms with Crippen molar-refractivity contribution in [3.63, 3.8) is 0 Å². The number of aromatic amines is 1. The largest absolute Gasteiger partial charge is 0.364 e. The molecule has 1 saturated carbocycles. The Hall–Kier alpha value is -2.83. The lowest BCUT2D eigenvalue weighted by molar-refractivity contribution is 0.102. The molecular weight excluding hydrogens is 333 g/mol. The molecule has 0 atom stereocenters. The highest BCUT2D eigenvalue weighted by atomic mass is 19.1. The van der Waals surface area contributed by atoms with Gasteiger partial charge in [-0.15, -0.1) is 0 Å². The van der Waals surface area contributed by atoms with Crippen molar-refractivity contribution in [3.05, 3.63) is 47.5 Å². The number of benzene rings is 1. The normalized spacial score (nSPS) is 14.6. The average molecular weight is 355 g/mol. The lowest BCUT2D eigenvalue weighted by atomic mass is 10.1. The van der Waals surface area contributed by atoms with Gasteiger partial charge in [0.1, 0.15) is 17.2 Å². The third-order valence-corrected chi connectivity index (χ3v) is 4.29. The summed E-state index contributed by atoms with van der Waals surface area (Å²) in [4.78, 5) is 17.4. The van der Waals surface area contributed by atoms with Gasteiger partial charge in [0.05, 0.1) is 5.69 Å². The first-order valence-corrected chi connectivity index (χ1v) is 8.77. The first-order chi connectivity index (χ1) is 12.3. The predicted octanol–water partition coefficient (Wildman–Crippen LogP) is 4.14. The summed E-state index contributed by atoms with van der Waals surface area (Å²) in [5.74, 6) is 0.738. The van der Waals surface area contributed by atoms with E-state index in [0.717, 1.165) is 24.4 Å². The van der Waals surface area contributed by atoms with Crippen molar-refractivity contribution in [1.29, 1.82) is 0 Å². The lowest BCUT2D eigenvalue weighted by Crippen LogP contribution is -2.27. The van der Waals surface area contributed by atoms with Crippen molar-refractivity contribution in [2.24, 2.45) is 0 Å². The Morgan fingerprint density at radius 1 is 1.27 bits per heavy atom. The lowest BCUT2D eigenvalue weighted by Gasteiger charge is -2.22. The van der Waals surface area contributed by atoms with Crippen LogP contribution in [0.15, 0.2) is 30.5 Å². The van der Waals surface area contributed by atoms with E-state index in [4.69, 9.17) is 4.98 Å². The maximum Gasteiger partial charge on any atom is 0.261 e. The summed E-state index contributed by atoms with van der Waals surface area (Å²) < 4.78 is 14.9. The molecule has 1 aliphatic rings. The molecule has 0 unspecified atom stereocenters. The second-order valence-corrected chi connectivity index (χ2v) is 7.80. The van der Waals surface area contributed by atoms with Gasteiger partial charge in [0.2, 0.25) is 0 Å². The molecule has 4 rings (SSSR count). The highest BCUT2D eigenvalue weighted by Crippen LogP contribution is 2.43. The van der Waals surface area contributed by atoms with Crippen LogP contribution >= 0.6 is 0 Å². The quantitative estimate of drug-likeness (QED) is 0.658. The van der Waals surface area contributed by atoms with Crippen LogP contribution in [0.5, 0.6) is 0 Å². The summed E-state index contributed by atoms with van der Waals surface area (Å²) in [5.41, 5.74) is 2.47. The number of aromatic nitrogens is 3. The molecule has 3 aromatic rings. The van der Waals surface area contributed by atoms with E-state index in [1.54, 1.807) is 6.20 Å². The van der Waals surface area contributed by atoms with Gasteiger partial charge in [0.15, 0.2) is 5.65 Å². The van der Waals surface area contributed by atoms with E-state index in [0.29, 0.717) is 22.8 Å². The highest BCUT2D eigenvalue weighted by molar-refractivity contribution is 6.08. The zero-order valence-corrected chi connectivity index (χ0v) is 15.1. The number of nitrogens with zero attached hydrogens (tertiary/aromatic N) is 2. The van der Waals surface area contributed by atoms with Crippen LogP contribution in [0.4, 0.5) is 15.9 Å². The van der Waals surface area contributed by atoms with Crippen LogP contribution < -0.4 is 10.6 Å². The van der Waals surface area contributed by atoms with E-state index in [1.807, 2.05) is 4.52 Å². The topological polar surface area (TPSA) is 74.2 Å². The van der Waals surface area contributed by atoms with Gasteiger partial charge in [-0.25, -0.2) is 13.9 Å². The van der Waals surface area contributed by atoms with Crippen LogP contribution in [0, 0.1) is 5.82 Å². The maximum atomic E-state index is 13.0. The highest BCUT2D eigenvalue weighted by Gasteiger charge is 2.33. The smallest absolute Gasteiger partial charge is 0.261 e. The Labute approximate surface area is 150 Å². The molecular formula is C19H22FN5O. The van der Waals surface area contributed by atoms with Crippen LogP contribution in [0.25, 0.3) is 5.65 Å². The minimum Gasteiger partial charge on any atom is -0.364 e. The molecule has 0 spiro atoms. The molecule has 0 radical (unpaired) electrons. The SMILES string of the molecule is CC(C)(C)Nc1c(C2CC2)nc2c(C(=O)Nc3ccc(F)cc3)c[nH]n12. The summed E-state index contributed by atoms with van der Waals surface area (Å²) in [6.45, 7) is 6.27. The number of nitrogens with one attached hydrogen (secondary N) is 3. The summed E-state index contributed by atoms with van der Waals surface area (Å²) in [6.07, 6.45) is 3.89. The maximum absolute atomic E-state index is 13.0. The van der Waals surface area contributed by atoms with Gasteiger partial charge in [-0.1, -0.05) is 0 Å². The zero-order valence-electron chi connectivity index (χ0n) is 15.1. The first-order valence-electron chi connectivity index (χ1n) is 8.77. The van der Waals surface area contributed by atoms with Gasteiger partial charge >= 0.3 is 0 Å². The van der Waals surface area contributed by atoms with Crippen molar-refractivity contribution in [1.82, 2.24) is 14.6 Å². The molecule has 0 saturated heterocycles. The number of carbonyl (C=O) groups is 1. The molecule has 3 N–H and O–H groups in total. The Balaban J connectivity index is 1.69. The van der Waals surface area contributed by atoms with Crippen LogP contribution in [-0.4, -0.2) is 26.0 Å². The number of carbonyl (C=O) groups excluding carboxylic acids is 1. The minimum atomic E-state index is -0.340. The van der Waals surface area contributed by atoms with Crippen molar-refractivity contribution in [3.8, 4) is 0 Å². The molecule has 7 heteroatoms. The average Bonchev–Trinajstić information content (AvgIpc) is 3.22. The predicted molar refractivity (Wildman–Crippen MR) is 99.2 cm³/mol. The van der Waals surface area contributed by atoms with Gasteiger partial charge in [0, 0.05) is 23.3 Å². The monoisotopic (exact) mass is 355 g/mol. The first kappa shape index (κ1) is 16.6. The summed E-state index contributed by atoms with van der Waals surface area (Å²) in [6, 6.07) is 5.69. The fraction of sp³-hybridized carbons (Fsp3) is 0.368. The number of halogens is 1. The van der Waals surface area contributed by atoms with Gasteiger partial charge in [0.25, 0.3) is 5.91 Å². The number of H-pyrrole nitrogens is 1. The third-order valence-electron chi connectivity index (χ3n) is 4.29. The van der Waals surface area contributed by atoms with Crippen molar-refractivity contribution in [2.45, 2.75) is 45.1 Å². The molecule has 1 amide bonds. The summed E-state index contributed by atoms with van der Waals surface area (Å²) >= 11 is 0. The molecule has 2 aromatic heterocycles.